The third-order valence-corrected chi connectivity index (χ3v) is 1.91. The zero-order chi connectivity index (χ0) is 9.14. The average molecular weight is 172 g/mol. The van der Waals surface area contributed by atoms with Crippen molar-refractivity contribution in [3.63, 3.8) is 0 Å². The Morgan fingerprint density at radius 2 is 2.17 bits per heavy atom. The first-order chi connectivity index (χ1) is 5.59. The van der Waals surface area contributed by atoms with E-state index in [-0.39, 0.29) is 18.5 Å². The molecular formula is C9H16O3. The molecule has 0 heterocycles. The van der Waals surface area contributed by atoms with Gasteiger partial charge in [-0.1, -0.05) is 0 Å². The lowest BCUT2D eigenvalue weighted by atomic mass is 10.2. The zero-order valence-corrected chi connectivity index (χ0v) is 7.62. The van der Waals surface area contributed by atoms with Gasteiger partial charge in [0.1, 0.15) is 0 Å². The highest BCUT2D eigenvalue weighted by Crippen LogP contribution is 2.33. The maximum Gasteiger partial charge on any atom is 0.308 e. The molecule has 0 aromatic rings. The summed E-state index contributed by atoms with van der Waals surface area (Å²) in [7, 11) is 0. The van der Waals surface area contributed by atoms with Gasteiger partial charge in [-0.2, -0.15) is 0 Å². The van der Waals surface area contributed by atoms with E-state index in [0.717, 1.165) is 12.8 Å². The Bertz CT molecular complexity index is 161. The van der Waals surface area contributed by atoms with Crippen LogP contribution in [0.5, 0.6) is 0 Å². The summed E-state index contributed by atoms with van der Waals surface area (Å²) in [6.07, 6.45) is 1.70. The van der Waals surface area contributed by atoms with Crippen molar-refractivity contribution < 1.29 is 14.6 Å². The molecule has 0 radical (unpaired) electrons. The van der Waals surface area contributed by atoms with E-state index in [1.54, 1.807) is 13.8 Å². The van der Waals surface area contributed by atoms with Crippen LogP contribution in [0.4, 0.5) is 0 Å². The smallest absolute Gasteiger partial charge is 0.308 e. The standard InChI is InChI=1S/C9H16O3/c1-6(2)12-9(11)5-8(10)7-3-4-7/h6-8,10H,3-5H2,1-2H3. The van der Waals surface area contributed by atoms with E-state index in [1.807, 2.05) is 0 Å². The lowest BCUT2D eigenvalue weighted by Crippen LogP contribution is -2.19. The monoisotopic (exact) mass is 172 g/mol. The maximum absolute atomic E-state index is 11.0. The Labute approximate surface area is 72.7 Å². The van der Waals surface area contributed by atoms with Crippen LogP contribution in [0.15, 0.2) is 0 Å². The highest BCUT2D eigenvalue weighted by molar-refractivity contribution is 5.70. The lowest BCUT2D eigenvalue weighted by molar-refractivity contribution is -0.149. The first kappa shape index (κ1) is 9.52. The molecule has 1 aliphatic carbocycles. The van der Waals surface area contributed by atoms with Gasteiger partial charge in [-0.05, 0) is 32.6 Å². The first-order valence-electron chi connectivity index (χ1n) is 4.47. The van der Waals surface area contributed by atoms with E-state index in [0.29, 0.717) is 5.92 Å². The minimum absolute atomic E-state index is 0.0797. The van der Waals surface area contributed by atoms with Crippen molar-refractivity contribution in [2.75, 3.05) is 0 Å². The van der Waals surface area contributed by atoms with Crippen LogP contribution in [0.3, 0.4) is 0 Å². The third kappa shape index (κ3) is 3.22. The lowest BCUT2D eigenvalue weighted by Gasteiger charge is -2.10. The van der Waals surface area contributed by atoms with Gasteiger partial charge in [0.25, 0.3) is 0 Å². The minimum atomic E-state index is -0.476. The second-order valence-electron chi connectivity index (χ2n) is 3.65. The summed E-state index contributed by atoms with van der Waals surface area (Å²) in [4.78, 5) is 11.0. The van der Waals surface area contributed by atoms with Crippen molar-refractivity contribution in [1.29, 1.82) is 0 Å². The second kappa shape index (κ2) is 3.90. The summed E-state index contributed by atoms with van der Waals surface area (Å²) in [6, 6.07) is 0. The average Bonchev–Trinajstić information content (AvgIpc) is 2.63. The summed E-state index contributed by atoms with van der Waals surface area (Å²) in [5, 5.41) is 9.37. The predicted octanol–water partition coefficient (Wildman–Crippen LogP) is 1.10. The van der Waals surface area contributed by atoms with Crippen LogP contribution in [0.25, 0.3) is 0 Å². The van der Waals surface area contributed by atoms with Crippen LogP contribution in [0, 0.1) is 5.92 Å². The van der Waals surface area contributed by atoms with Crippen molar-refractivity contribution in [1.82, 2.24) is 0 Å². The molecule has 1 rings (SSSR count). The van der Waals surface area contributed by atoms with Gasteiger partial charge in [-0.15, -0.1) is 0 Å². The van der Waals surface area contributed by atoms with Crippen molar-refractivity contribution >= 4 is 5.97 Å². The normalized spacial score (nSPS) is 19.3. The van der Waals surface area contributed by atoms with Gasteiger partial charge in [-0.3, -0.25) is 4.79 Å². The Morgan fingerprint density at radius 1 is 1.58 bits per heavy atom. The van der Waals surface area contributed by atoms with Crippen LogP contribution in [-0.4, -0.2) is 23.3 Å². The minimum Gasteiger partial charge on any atom is -0.463 e. The van der Waals surface area contributed by atoms with Gasteiger partial charge in [0, 0.05) is 0 Å². The van der Waals surface area contributed by atoms with Crippen LogP contribution in [0.1, 0.15) is 33.1 Å². The van der Waals surface area contributed by atoms with Gasteiger partial charge < -0.3 is 9.84 Å². The molecular weight excluding hydrogens is 156 g/mol. The number of esters is 1. The Hall–Kier alpha value is -0.570. The molecule has 3 heteroatoms. The molecule has 1 unspecified atom stereocenters. The van der Waals surface area contributed by atoms with Crippen LogP contribution in [-0.2, 0) is 9.53 Å². The fraction of sp³-hybridized carbons (Fsp3) is 0.889. The first-order valence-corrected chi connectivity index (χ1v) is 4.47. The molecule has 0 spiro atoms. The van der Waals surface area contributed by atoms with E-state index >= 15 is 0 Å². The molecule has 0 bridgehead atoms. The molecule has 70 valence electrons. The number of ether oxygens (including phenoxy) is 1. The van der Waals surface area contributed by atoms with Crippen LogP contribution >= 0.6 is 0 Å². The molecule has 0 amide bonds. The van der Waals surface area contributed by atoms with Crippen molar-refractivity contribution in [3.8, 4) is 0 Å². The quantitative estimate of drug-likeness (QED) is 0.646. The van der Waals surface area contributed by atoms with Gasteiger partial charge in [0.15, 0.2) is 0 Å². The van der Waals surface area contributed by atoms with Gasteiger partial charge in [0.05, 0.1) is 18.6 Å². The highest BCUT2D eigenvalue weighted by Gasteiger charge is 2.31. The van der Waals surface area contributed by atoms with Gasteiger partial charge in [-0.25, -0.2) is 0 Å². The Morgan fingerprint density at radius 3 is 2.58 bits per heavy atom. The van der Waals surface area contributed by atoms with E-state index in [4.69, 9.17) is 4.74 Å². The predicted molar refractivity (Wildman–Crippen MR) is 44.6 cm³/mol. The summed E-state index contributed by atoms with van der Waals surface area (Å²) in [5.41, 5.74) is 0. The number of aliphatic hydroxyl groups is 1. The summed E-state index contributed by atoms with van der Waals surface area (Å²) in [5.74, 6) is 0.0640. The fourth-order valence-corrected chi connectivity index (χ4v) is 1.13. The molecule has 0 aromatic heterocycles. The number of hydrogen-bond donors (Lipinski definition) is 1. The zero-order valence-electron chi connectivity index (χ0n) is 7.62. The molecule has 12 heavy (non-hydrogen) atoms. The number of carbonyl (C=O) groups excluding carboxylic acids is 1. The largest absolute Gasteiger partial charge is 0.463 e. The number of carbonyl (C=O) groups is 1. The van der Waals surface area contributed by atoms with E-state index in [2.05, 4.69) is 0 Å². The summed E-state index contributed by atoms with van der Waals surface area (Å²) >= 11 is 0. The van der Waals surface area contributed by atoms with Gasteiger partial charge >= 0.3 is 5.97 Å². The van der Waals surface area contributed by atoms with Crippen molar-refractivity contribution in [3.05, 3.63) is 0 Å². The number of aliphatic hydroxyl groups excluding tert-OH is 1. The number of rotatable bonds is 4. The molecule has 1 aliphatic rings. The van der Waals surface area contributed by atoms with E-state index in [1.165, 1.54) is 0 Å². The highest BCUT2D eigenvalue weighted by atomic mass is 16.5. The van der Waals surface area contributed by atoms with Crippen molar-refractivity contribution in [2.24, 2.45) is 5.92 Å². The van der Waals surface area contributed by atoms with Crippen LogP contribution in [0.2, 0.25) is 0 Å². The molecule has 1 N–H and O–H groups in total. The molecule has 0 aliphatic heterocycles. The molecule has 1 saturated carbocycles. The van der Waals surface area contributed by atoms with Crippen molar-refractivity contribution in [2.45, 2.75) is 45.3 Å². The SMILES string of the molecule is CC(C)OC(=O)CC(O)C1CC1. The fourth-order valence-electron chi connectivity index (χ4n) is 1.13. The maximum atomic E-state index is 11.0. The molecule has 0 aromatic carbocycles. The number of hydrogen-bond acceptors (Lipinski definition) is 3. The second-order valence-corrected chi connectivity index (χ2v) is 3.65. The molecule has 0 saturated heterocycles. The summed E-state index contributed by atoms with van der Waals surface area (Å²) < 4.78 is 4.90. The summed E-state index contributed by atoms with van der Waals surface area (Å²) in [6.45, 7) is 3.61. The topological polar surface area (TPSA) is 46.5 Å². The third-order valence-electron chi connectivity index (χ3n) is 1.91. The Kier molecular flexibility index (Phi) is 3.09. The van der Waals surface area contributed by atoms with E-state index < -0.39 is 6.10 Å². The van der Waals surface area contributed by atoms with Crippen LogP contribution < -0.4 is 0 Å². The Balaban J connectivity index is 2.15. The molecule has 1 atom stereocenters. The van der Waals surface area contributed by atoms with E-state index in [9.17, 15) is 9.90 Å². The molecule has 1 fully saturated rings. The van der Waals surface area contributed by atoms with Gasteiger partial charge in [0.2, 0.25) is 0 Å². The molecule has 3 nitrogen and oxygen atoms in total.